The molecule has 0 aliphatic heterocycles. The van der Waals surface area contributed by atoms with E-state index in [0.717, 1.165) is 0 Å². The maximum absolute atomic E-state index is 7.37. The van der Waals surface area contributed by atoms with Gasteiger partial charge in [0.2, 0.25) is 0 Å². The lowest BCUT2D eigenvalue weighted by atomic mass is 10.1. The highest BCUT2D eigenvalue weighted by atomic mass is 16.3. The Morgan fingerprint density at radius 3 is 2.86 bits per heavy atom. The third-order valence-corrected chi connectivity index (χ3v) is 1.85. The Bertz CT molecular complexity index is 448. The van der Waals surface area contributed by atoms with E-state index >= 15 is 0 Å². The highest BCUT2D eigenvalue weighted by Gasteiger charge is 2.09. The van der Waals surface area contributed by atoms with Crippen LogP contribution < -0.4 is 5.73 Å². The monoisotopic (exact) mass is 187 g/mol. The maximum Gasteiger partial charge on any atom is 0.152 e. The number of pyridine rings is 1. The van der Waals surface area contributed by atoms with Crippen molar-refractivity contribution < 1.29 is 4.42 Å². The number of nitrogens with two attached hydrogens (primary N) is 1. The van der Waals surface area contributed by atoms with Gasteiger partial charge in [0, 0.05) is 11.8 Å². The molecule has 0 amide bonds. The highest BCUT2D eigenvalue weighted by molar-refractivity contribution is 5.99. The Kier molecular flexibility index (Phi) is 2.02. The second-order valence-electron chi connectivity index (χ2n) is 2.79. The Morgan fingerprint density at radius 2 is 2.21 bits per heavy atom. The lowest BCUT2D eigenvalue weighted by molar-refractivity contribution is 0.580. The van der Waals surface area contributed by atoms with Crippen molar-refractivity contribution in [3.05, 3.63) is 42.3 Å². The minimum Gasteiger partial charge on any atom is -0.463 e. The van der Waals surface area contributed by atoms with Crippen molar-refractivity contribution in [2.24, 2.45) is 5.73 Å². The molecule has 0 aliphatic rings. The molecule has 4 nitrogen and oxygen atoms in total. The van der Waals surface area contributed by atoms with Gasteiger partial charge in [-0.25, -0.2) is 0 Å². The number of aromatic nitrogens is 1. The molecule has 4 heteroatoms. The number of hydrogen-bond donors (Lipinski definition) is 2. The van der Waals surface area contributed by atoms with E-state index < -0.39 is 0 Å². The summed E-state index contributed by atoms with van der Waals surface area (Å²) in [5.74, 6) is 0.611. The van der Waals surface area contributed by atoms with E-state index in [9.17, 15) is 0 Å². The summed E-state index contributed by atoms with van der Waals surface area (Å²) in [6, 6.07) is 7.04. The van der Waals surface area contributed by atoms with Crippen LogP contribution in [-0.2, 0) is 0 Å². The van der Waals surface area contributed by atoms with Crippen LogP contribution in [0.1, 0.15) is 5.56 Å². The molecule has 0 atom stereocenters. The van der Waals surface area contributed by atoms with Crippen LogP contribution >= 0.6 is 0 Å². The Morgan fingerprint density at radius 1 is 1.36 bits per heavy atom. The largest absolute Gasteiger partial charge is 0.463 e. The zero-order valence-corrected chi connectivity index (χ0v) is 7.40. The molecule has 2 heterocycles. The van der Waals surface area contributed by atoms with E-state index in [0.29, 0.717) is 17.0 Å². The quantitative estimate of drug-likeness (QED) is 0.554. The van der Waals surface area contributed by atoms with Crippen LogP contribution in [-0.4, -0.2) is 10.8 Å². The first kappa shape index (κ1) is 8.50. The van der Waals surface area contributed by atoms with Crippen LogP contribution in [0.25, 0.3) is 11.5 Å². The molecule has 0 fully saturated rings. The fraction of sp³-hybridized carbons (Fsp3) is 0. The summed E-state index contributed by atoms with van der Waals surface area (Å²) < 4.78 is 5.20. The number of nitrogens with one attached hydrogen (secondary N) is 1. The average molecular weight is 187 g/mol. The Hall–Kier alpha value is -2.10. The lowest BCUT2D eigenvalue weighted by Gasteiger charge is -2.02. The fourth-order valence-electron chi connectivity index (χ4n) is 1.23. The zero-order valence-electron chi connectivity index (χ0n) is 7.40. The van der Waals surface area contributed by atoms with Gasteiger partial charge < -0.3 is 10.2 Å². The zero-order chi connectivity index (χ0) is 9.97. The van der Waals surface area contributed by atoms with Gasteiger partial charge in [0.05, 0.1) is 6.26 Å². The normalized spacial score (nSPS) is 10.0. The number of rotatable bonds is 2. The van der Waals surface area contributed by atoms with Gasteiger partial charge in [-0.05, 0) is 24.3 Å². The molecule has 0 radical (unpaired) electrons. The molecule has 0 aliphatic carbocycles. The molecule has 0 bridgehead atoms. The minimum atomic E-state index is -0.00972. The average Bonchev–Trinajstić information content (AvgIpc) is 2.70. The van der Waals surface area contributed by atoms with Crippen molar-refractivity contribution in [3.63, 3.8) is 0 Å². The smallest absolute Gasteiger partial charge is 0.152 e. The van der Waals surface area contributed by atoms with Gasteiger partial charge in [-0.1, -0.05) is 0 Å². The van der Waals surface area contributed by atoms with Gasteiger partial charge in [0.25, 0.3) is 0 Å². The number of furan rings is 1. The lowest BCUT2D eigenvalue weighted by Crippen LogP contribution is -2.12. The van der Waals surface area contributed by atoms with Crippen molar-refractivity contribution >= 4 is 5.84 Å². The second kappa shape index (κ2) is 3.33. The third-order valence-electron chi connectivity index (χ3n) is 1.85. The molecule has 3 N–H and O–H groups in total. The summed E-state index contributed by atoms with van der Waals surface area (Å²) in [5.41, 5.74) is 6.61. The van der Waals surface area contributed by atoms with E-state index in [1.54, 1.807) is 36.7 Å². The molecule has 2 aromatic heterocycles. The van der Waals surface area contributed by atoms with Crippen molar-refractivity contribution in [2.45, 2.75) is 0 Å². The van der Waals surface area contributed by atoms with Crippen molar-refractivity contribution in [1.82, 2.24) is 4.98 Å². The van der Waals surface area contributed by atoms with Crippen molar-refractivity contribution in [3.8, 4) is 11.5 Å². The Balaban J connectivity index is 2.58. The number of hydrogen-bond acceptors (Lipinski definition) is 3. The van der Waals surface area contributed by atoms with E-state index in [1.807, 2.05) is 0 Å². The standard InChI is InChI=1S/C10H9N3O/c11-10(12)7-3-1-5-13-9(7)8-4-2-6-14-8/h1-6H,(H3,11,12). The maximum atomic E-state index is 7.37. The van der Waals surface area contributed by atoms with Crippen molar-refractivity contribution in [1.29, 1.82) is 5.41 Å². The highest BCUT2D eigenvalue weighted by Crippen LogP contribution is 2.20. The van der Waals surface area contributed by atoms with E-state index in [-0.39, 0.29) is 5.84 Å². The minimum absolute atomic E-state index is 0.00972. The van der Waals surface area contributed by atoms with Crippen LogP contribution in [0.2, 0.25) is 0 Å². The fourth-order valence-corrected chi connectivity index (χ4v) is 1.23. The van der Waals surface area contributed by atoms with Crippen LogP contribution in [0.4, 0.5) is 0 Å². The van der Waals surface area contributed by atoms with Crippen molar-refractivity contribution in [2.75, 3.05) is 0 Å². The second-order valence-corrected chi connectivity index (χ2v) is 2.79. The Labute approximate surface area is 80.9 Å². The predicted molar refractivity (Wildman–Crippen MR) is 53.0 cm³/mol. The van der Waals surface area contributed by atoms with Gasteiger partial charge >= 0.3 is 0 Å². The molecule has 0 aromatic carbocycles. The van der Waals surface area contributed by atoms with E-state index in [1.165, 1.54) is 0 Å². The summed E-state index contributed by atoms with van der Waals surface area (Å²) in [4.78, 5) is 4.13. The van der Waals surface area contributed by atoms with Crippen LogP contribution in [0, 0.1) is 5.41 Å². The summed E-state index contributed by atoms with van der Waals surface area (Å²) >= 11 is 0. The molecule has 2 aromatic rings. The van der Waals surface area contributed by atoms with Gasteiger partial charge in [-0.15, -0.1) is 0 Å². The molecular formula is C10H9N3O. The number of amidine groups is 1. The molecule has 2 rings (SSSR count). The molecule has 0 unspecified atom stereocenters. The van der Waals surface area contributed by atoms with Crippen LogP contribution in [0.5, 0.6) is 0 Å². The molecule has 70 valence electrons. The first-order valence-corrected chi connectivity index (χ1v) is 4.12. The number of nitrogen functional groups attached to an aromatic ring is 1. The number of nitrogens with zero attached hydrogens (tertiary/aromatic N) is 1. The van der Waals surface area contributed by atoms with Gasteiger partial charge in [0.1, 0.15) is 11.5 Å². The van der Waals surface area contributed by atoms with Gasteiger partial charge in [-0.3, -0.25) is 10.4 Å². The molecule has 14 heavy (non-hydrogen) atoms. The molecular weight excluding hydrogens is 178 g/mol. The van der Waals surface area contributed by atoms with Crippen LogP contribution in [0.15, 0.2) is 41.1 Å². The topological polar surface area (TPSA) is 75.9 Å². The summed E-state index contributed by atoms with van der Waals surface area (Å²) in [6.45, 7) is 0. The summed E-state index contributed by atoms with van der Waals surface area (Å²) in [7, 11) is 0. The molecule has 0 spiro atoms. The SMILES string of the molecule is N=C(N)c1cccnc1-c1ccco1. The first-order chi connectivity index (χ1) is 6.79. The first-order valence-electron chi connectivity index (χ1n) is 4.12. The predicted octanol–water partition coefficient (Wildman–Crippen LogP) is 1.63. The van der Waals surface area contributed by atoms with E-state index in [4.69, 9.17) is 15.6 Å². The molecule has 0 saturated heterocycles. The van der Waals surface area contributed by atoms with Gasteiger partial charge in [-0.2, -0.15) is 0 Å². The third kappa shape index (κ3) is 1.37. The summed E-state index contributed by atoms with van der Waals surface area (Å²) in [6.07, 6.45) is 3.21. The van der Waals surface area contributed by atoms with E-state index in [2.05, 4.69) is 4.98 Å². The van der Waals surface area contributed by atoms with Crippen LogP contribution in [0.3, 0.4) is 0 Å². The summed E-state index contributed by atoms with van der Waals surface area (Å²) in [5, 5.41) is 7.37. The van der Waals surface area contributed by atoms with Gasteiger partial charge in [0.15, 0.2) is 5.76 Å². The molecule has 0 saturated carbocycles.